The number of benzene rings is 4. The summed E-state index contributed by atoms with van der Waals surface area (Å²) in [5.74, 6) is -0.0776. The largest absolute Gasteiger partial charge is 0.468 e. The lowest BCUT2D eigenvalue weighted by Gasteiger charge is -2.35. The van der Waals surface area contributed by atoms with E-state index in [-0.39, 0.29) is 12.5 Å². The summed E-state index contributed by atoms with van der Waals surface area (Å²) in [4.78, 5) is 17.8. The van der Waals surface area contributed by atoms with Gasteiger partial charge >= 0.3 is 5.97 Å². The quantitative estimate of drug-likeness (QED) is 0.125. The Balaban J connectivity index is 1.35. The summed E-state index contributed by atoms with van der Waals surface area (Å²) in [5.41, 5.74) is 2.94. The molecule has 1 heterocycles. The maximum absolute atomic E-state index is 12.6. The average Bonchev–Trinajstić information content (AvgIpc) is 3.07. The number of hydrogen-bond acceptors (Lipinski definition) is 6. The number of methoxy groups -OCH3 is 1. The number of aliphatic hydroxyl groups is 1. The minimum atomic E-state index is -1.03. The molecule has 9 heteroatoms. The fourth-order valence-electron chi connectivity index (χ4n) is 6.45. The first-order valence-electron chi connectivity index (χ1n) is 15.3. The van der Waals surface area contributed by atoms with Gasteiger partial charge in [-0.05, 0) is 90.8 Å². The number of piperidine rings is 1. The van der Waals surface area contributed by atoms with Gasteiger partial charge in [0.15, 0.2) is 0 Å². The maximum Gasteiger partial charge on any atom is 0.319 e. The number of fused-ring (bicyclic) bond motifs is 1. The van der Waals surface area contributed by atoms with Crippen molar-refractivity contribution in [1.29, 1.82) is 0 Å². The molecule has 0 radical (unpaired) electrons. The van der Waals surface area contributed by atoms with Gasteiger partial charge in [-0.15, -0.1) is 0 Å². The van der Waals surface area contributed by atoms with Crippen LogP contribution in [0.2, 0.25) is 10.0 Å². The Hall–Kier alpha value is -2.78. The van der Waals surface area contributed by atoms with E-state index in [1.165, 1.54) is 12.7 Å². The van der Waals surface area contributed by atoms with E-state index in [1.807, 2.05) is 72.8 Å². The number of rotatable bonds is 12. The van der Waals surface area contributed by atoms with Crippen LogP contribution >= 0.6 is 23.2 Å². The van der Waals surface area contributed by atoms with Gasteiger partial charge in [0.1, 0.15) is 6.23 Å². The summed E-state index contributed by atoms with van der Waals surface area (Å²) in [6.07, 6.45) is 3.51. The van der Waals surface area contributed by atoms with E-state index in [0.29, 0.717) is 22.5 Å². The number of carbonyl (C=O) groups excluding carboxylic acids is 1. The summed E-state index contributed by atoms with van der Waals surface area (Å²) in [6.45, 7) is 3.06. The van der Waals surface area contributed by atoms with E-state index in [2.05, 4.69) is 11.0 Å². The number of halogens is 2. The van der Waals surface area contributed by atoms with Gasteiger partial charge in [-0.3, -0.25) is 13.9 Å². The number of likely N-dealkylation sites (tertiary alicyclic amines) is 1. The highest BCUT2D eigenvalue weighted by Gasteiger charge is 2.28. The maximum atomic E-state index is 12.6. The number of hydrogen-bond donors (Lipinski definition) is 1. The smallest absolute Gasteiger partial charge is 0.319 e. The van der Waals surface area contributed by atoms with Gasteiger partial charge in [0.05, 0.1) is 34.5 Å². The van der Waals surface area contributed by atoms with Crippen molar-refractivity contribution in [1.82, 2.24) is 9.80 Å². The van der Waals surface area contributed by atoms with Gasteiger partial charge in [0, 0.05) is 23.3 Å². The highest BCUT2D eigenvalue weighted by atomic mass is 35.5. The van der Waals surface area contributed by atoms with Crippen molar-refractivity contribution >= 4 is 50.7 Å². The number of esters is 1. The second-order valence-electron chi connectivity index (χ2n) is 11.7. The molecule has 4 aromatic rings. The Labute approximate surface area is 278 Å². The highest BCUT2D eigenvalue weighted by Crippen LogP contribution is 2.35. The van der Waals surface area contributed by atoms with Crippen LogP contribution in [-0.2, 0) is 20.3 Å². The lowest BCUT2D eigenvalue weighted by Crippen LogP contribution is -2.39. The zero-order valence-electron chi connectivity index (χ0n) is 25.7. The van der Waals surface area contributed by atoms with Crippen molar-refractivity contribution in [3.63, 3.8) is 0 Å². The van der Waals surface area contributed by atoms with E-state index in [9.17, 15) is 14.1 Å². The standard InChI is InChI=1S/C36H40Cl2N2O4S/c1-44-35(41)24-40(36(42)31-12-7-9-25-8-3-4-10-29(25)31)23-28(27-14-15-32(37)33(38)22-27)18-21-39-19-16-26(17-20-39)30-11-5-6-13-34(30)45(2)43/h3-15,22,26,28,36,42H,16-21,23-24H2,1-2H3/t28?,36?,45-/m0/s1. The molecular weight excluding hydrogens is 627 g/mol. The Morgan fingerprint density at radius 2 is 1.71 bits per heavy atom. The van der Waals surface area contributed by atoms with Crippen LogP contribution in [0, 0.1) is 0 Å². The first-order chi connectivity index (χ1) is 21.7. The molecule has 1 fully saturated rings. The fourth-order valence-corrected chi connectivity index (χ4v) is 7.60. The molecule has 3 atom stereocenters. The second-order valence-corrected chi connectivity index (χ2v) is 13.9. The molecule has 1 aliphatic rings. The molecule has 238 valence electrons. The molecule has 0 aromatic heterocycles. The first kappa shape index (κ1) is 33.6. The van der Waals surface area contributed by atoms with Crippen LogP contribution in [0.25, 0.3) is 10.8 Å². The number of aliphatic hydroxyl groups excluding tert-OH is 1. The van der Waals surface area contributed by atoms with E-state index in [0.717, 1.165) is 65.7 Å². The molecule has 1 N–H and O–H groups in total. The summed E-state index contributed by atoms with van der Waals surface area (Å²) >= 11 is 12.8. The van der Waals surface area contributed by atoms with Crippen molar-refractivity contribution in [2.75, 3.05) is 46.1 Å². The molecule has 0 bridgehead atoms. The molecule has 0 saturated carbocycles. The normalized spacial score (nSPS) is 16.5. The van der Waals surface area contributed by atoms with Crippen LogP contribution in [0.1, 0.15) is 54.0 Å². The van der Waals surface area contributed by atoms with Gasteiger partial charge < -0.3 is 14.7 Å². The third-order valence-corrected chi connectivity index (χ3v) is 10.7. The molecule has 0 amide bonds. The van der Waals surface area contributed by atoms with Gasteiger partial charge in [-0.1, -0.05) is 89.9 Å². The van der Waals surface area contributed by atoms with Crippen LogP contribution in [-0.4, -0.2) is 71.2 Å². The highest BCUT2D eigenvalue weighted by molar-refractivity contribution is 7.84. The first-order valence-corrected chi connectivity index (χ1v) is 17.6. The predicted molar refractivity (Wildman–Crippen MR) is 184 cm³/mol. The predicted octanol–water partition coefficient (Wildman–Crippen LogP) is 7.40. The van der Waals surface area contributed by atoms with Crippen molar-refractivity contribution < 1.29 is 18.8 Å². The Morgan fingerprint density at radius 3 is 2.44 bits per heavy atom. The zero-order valence-corrected chi connectivity index (χ0v) is 28.0. The molecule has 5 rings (SSSR count). The van der Waals surface area contributed by atoms with Gasteiger partial charge in [-0.25, -0.2) is 0 Å². The molecule has 0 aliphatic carbocycles. The van der Waals surface area contributed by atoms with Crippen LogP contribution in [0.4, 0.5) is 0 Å². The van der Waals surface area contributed by atoms with Crippen molar-refractivity contribution in [2.45, 2.75) is 42.2 Å². The Kier molecular flexibility index (Phi) is 11.7. The number of nitrogens with zero attached hydrogens (tertiary/aromatic N) is 2. The zero-order chi connectivity index (χ0) is 31.9. The van der Waals surface area contributed by atoms with Gasteiger partial charge in [0.25, 0.3) is 0 Å². The fraction of sp³-hybridized carbons (Fsp3) is 0.361. The van der Waals surface area contributed by atoms with Crippen molar-refractivity contribution in [3.8, 4) is 0 Å². The topological polar surface area (TPSA) is 70.1 Å². The molecular formula is C36H40Cl2N2O4S. The Morgan fingerprint density at radius 1 is 1.00 bits per heavy atom. The van der Waals surface area contributed by atoms with Gasteiger partial charge in [-0.2, -0.15) is 0 Å². The molecule has 1 aliphatic heterocycles. The molecule has 0 spiro atoms. The summed E-state index contributed by atoms with van der Waals surface area (Å²) in [7, 11) is 0.348. The van der Waals surface area contributed by atoms with Crippen LogP contribution in [0.5, 0.6) is 0 Å². The second kappa shape index (κ2) is 15.7. The summed E-state index contributed by atoms with van der Waals surface area (Å²) < 4.78 is 17.4. The molecule has 6 nitrogen and oxygen atoms in total. The Bertz CT molecular complexity index is 1640. The lowest BCUT2D eigenvalue weighted by atomic mass is 9.88. The van der Waals surface area contributed by atoms with E-state index in [1.54, 1.807) is 17.2 Å². The molecule has 4 aromatic carbocycles. The minimum absolute atomic E-state index is 0.0463. The monoisotopic (exact) mass is 666 g/mol. The average molecular weight is 668 g/mol. The van der Waals surface area contributed by atoms with E-state index >= 15 is 0 Å². The number of carbonyl (C=O) groups is 1. The molecule has 45 heavy (non-hydrogen) atoms. The minimum Gasteiger partial charge on any atom is -0.468 e. The van der Waals surface area contributed by atoms with Gasteiger partial charge in [0.2, 0.25) is 0 Å². The van der Waals surface area contributed by atoms with Crippen molar-refractivity contribution in [3.05, 3.63) is 112 Å². The number of ether oxygens (including phenoxy) is 1. The van der Waals surface area contributed by atoms with Crippen LogP contribution < -0.4 is 0 Å². The summed E-state index contributed by atoms with van der Waals surface area (Å²) in [5, 5.41) is 14.7. The van der Waals surface area contributed by atoms with E-state index < -0.39 is 23.0 Å². The van der Waals surface area contributed by atoms with Crippen molar-refractivity contribution in [2.24, 2.45) is 0 Å². The third kappa shape index (κ3) is 8.33. The summed E-state index contributed by atoms with van der Waals surface area (Å²) in [6, 6.07) is 27.5. The van der Waals surface area contributed by atoms with E-state index in [4.69, 9.17) is 27.9 Å². The SMILES string of the molecule is COC(=O)CN(CC(CCN1CCC(c2ccccc2[S@](C)=O)CC1)c1ccc(Cl)c(Cl)c1)C(O)c1cccc2ccccc12. The molecule has 2 unspecified atom stereocenters. The third-order valence-electron chi connectivity index (χ3n) is 8.93. The van der Waals surface area contributed by atoms with Crippen LogP contribution in [0.3, 0.4) is 0 Å². The van der Waals surface area contributed by atoms with Crippen LogP contribution in [0.15, 0.2) is 89.8 Å². The molecule has 1 saturated heterocycles. The lowest BCUT2D eigenvalue weighted by molar-refractivity contribution is -0.145.